The van der Waals surface area contributed by atoms with E-state index in [9.17, 15) is 0 Å². The van der Waals surface area contributed by atoms with Crippen molar-refractivity contribution in [3.8, 4) is 0 Å². The van der Waals surface area contributed by atoms with Crippen LogP contribution in [0.4, 0.5) is 0 Å². The molecule has 0 fully saturated rings. The van der Waals surface area contributed by atoms with Gasteiger partial charge in [-0.1, -0.05) is 29.3 Å². The molecule has 3 nitrogen and oxygen atoms in total. The topological polar surface area (TPSA) is 50.9 Å². The summed E-state index contributed by atoms with van der Waals surface area (Å²) < 4.78 is 0.952. The van der Waals surface area contributed by atoms with Gasteiger partial charge in [0.05, 0.1) is 0 Å². The minimum atomic E-state index is 0.0149. The average molecular weight is 375 g/mol. The molecule has 0 spiro atoms. The molecular weight excluding hydrogens is 361 g/mol. The Morgan fingerprint density at radius 3 is 2.40 bits per heavy atom. The Hall–Kier alpha value is -0.650. The van der Waals surface area contributed by atoms with Crippen molar-refractivity contribution in [2.75, 3.05) is 0 Å². The van der Waals surface area contributed by atoms with Crippen LogP contribution in [0.5, 0.6) is 0 Å². The van der Waals surface area contributed by atoms with Gasteiger partial charge < -0.3 is 0 Å². The van der Waals surface area contributed by atoms with E-state index in [4.69, 9.17) is 29.0 Å². The van der Waals surface area contributed by atoms with Crippen molar-refractivity contribution in [1.82, 2.24) is 10.4 Å². The summed E-state index contributed by atoms with van der Waals surface area (Å²) in [6, 6.07) is 9.42. The molecule has 0 radical (unpaired) electrons. The normalized spacial score (nSPS) is 12.4. The van der Waals surface area contributed by atoms with Gasteiger partial charge in [0.15, 0.2) is 0 Å². The van der Waals surface area contributed by atoms with E-state index in [1.54, 1.807) is 6.20 Å². The maximum absolute atomic E-state index is 6.18. The highest BCUT2D eigenvalue weighted by Gasteiger charge is 2.14. The number of hydrazine groups is 1. The third-order valence-corrected chi connectivity index (χ3v) is 4.17. The van der Waals surface area contributed by atoms with Crippen molar-refractivity contribution in [1.29, 1.82) is 0 Å². The zero-order chi connectivity index (χ0) is 14.5. The molecular formula is C14H14BrCl2N3. The first kappa shape index (κ1) is 15.7. The molecule has 0 saturated carbocycles. The predicted molar refractivity (Wildman–Crippen MR) is 86.9 cm³/mol. The molecule has 0 bridgehead atoms. The summed E-state index contributed by atoms with van der Waals surface area (Å²) in [5.74, 6) is 5.63. The van der Waals surface area contributed by atoms with E-state index < -0.39 is 0 Å². The van der Waals surface area contributed by atoms with Gasteiger partial charge in [0, 0.05) is 38.9 Å². The van der Waals surface area contributed by atoms with Crippen molar-refractivity contribution in [3.05, 3.63) is 62.3 Å². The molecule has 3 N–H and O–H groups in total. The third kappa shape index (κ3) is 4.17. The lowest BCUT2D eigenvalue weighted by Crippen LogP contribution is -2.38. The number of rotatable bonds is 5. The Kier molecular flexibility index (Phi) is 5.81. The van der Waals surface area contributed by atoms with Gasteiger partial charge in [0.2, 0.25) is 0 Å². The maximum Gasteiger partial charge on any atom is 0.0453 e. The molecule has 0 aliphatic rings. The molecule has 20 heavy (non-hydrogen) atoms. The number of aromatic nitrogens is 1. The second-order valence-corrected chi connectivity index (χ2v) is 6.17. The molecule has 1 heterocycles. The molecule has 1 atom stereocenters. The van der Waals surface area contributed by atoms with Crippen LogP contribution in [0.3, 0.4) is 0 Å². The molecule has 6 heteroatoms. The summed E-state index contributed by atoms with van der Waals surface area (Å²) in [6.07, 6.45) is 3.11. The van der Waals surface area contributed by atoms with Crippen LogP contribution in [0.1, 0.15) is 11.3 Å². The number of nitrogens with two attached hydrogens (primary N) is 1. The Morgan fingerprint density at radius 1 is 1.15 bits per heavy atom. The Bertz CT molecular complexity index is 555. The highest BCUT2D eigenvalue weighted by atomic mass is 79.9. The molecule has 2 aromatic rings. The van der Waals surface area contributed by atoms with Crippen LogP contribution < -0.4 is 11.3 Å². The fraction of sp³-hybridized carbons (Fsp3) is 0.214. The minimum Gasteiger partial charge on any atom is -0.271 e. The molecule has 0 amide bonds. The lowest BCUT2D eigenvalue weighted by molar-refractivity contribution is 0.517. The van der Waals surface area contributed by atoms with E-state index in [0.29, 0.717) is 22.9 Å². The summed E-state index contributed by atoms with van der Waals surface area (Å²) in [5.41, 5.74) is 4.66. The second kappa shape index (κ2) is 7.38. The number of pyridine rings is 1. The van der Waals surface area contributed by atoms with E-state index in [0.717, 1.165) is 15.7 Å². The largest absolute Gasteiger partial charge is 0.271 e. The third-order valence-electron chi connectivity index (χ3n) is 2.99. The number of hydrogen-bond acceptors (Lipinski definition) is 3. The smallest absolute Gasteiger partial charge is 0.0453 e. The van der Waals surface area contributed by atoms with Crippen LogP contribution in [0.25, 0.3) is 0 Å². The molecule has 2 rings (SSSR count). The van der Waals surface area contributed by atoms with Crippen molar-refractivity contribution < 1.29 is 0 Å². The number of hydrogen-bond donors (Lipinski definition) is 2. The first-order valence-corrected chi connectivity index (χ1v) is 7.64. The maximum atomic E-state index is 6.18. The van der Waals surface area contributed by atoms with E-state index in [1.165, 1.54) is 0 Å². The van der Waals surface area contributed by atoms with E-state index >= 15 is 0 Å². The molecule has 1 unspecified atom stereocenters. The summed E-state index contributed by atoms with van der Waals surface area (Å²) in [6.45, 7) is 0. The van der Waals surface area contributed by atoms with E-state index in [2.05, 4.69) is 26.3 Å². The van der Waals surface area contributed by atoms with Crippen LogP contribution >= 0.6 is 39.1 Å². The second-order valence-electron chi connectivity index (χ2n) is 4.44. The first-order valence-electron chi connectivity index (χ1n) is 6.09. The fourth-order valence-electron chi connectivity index (χ4n) is 1.94. The van der Waals surface area contributed by atoms with Gasteiger partial charge >= 0.3 is 0 Å². The van der Waals surface area contributed by atoms with Gasteiger partial charge in [-0.05, 0) is 52.2 Å². The quantitative estimate of drug-likeness (QED) is 0.618. The van der Waals surface area contributed by atoms with Gasteiger partial charge in [0.1, 0.15) is 0 Å². The van der Waals surface area contributed by atoms with Gasteiger partial charge in [0.25, 0.3) is 0 Å². The average Bonchev–Trinajstić information content (AvgIpc) is 2.44. The minimum absolute atomic E-state index is 0.0149. The summed E-state index contributed by atoms with van der Waals surface area (Å²) in [7, 11) is 0. The number of benzene rings is 1. The number of nitrogens with zero attached hydrogens (tertiary/aromatic N) is 1. The number of halogens is 3. The molecule has 106 valence electrons. The lowest BCUT2D eigenvalue weighted by atomic mass is 10.0. The van der Waals surface area contributed by atoms with E-state index in [-0.39, 0.29) is 6.04 Å². The molecule has 1 aromatic carbocycles. The molecule has 1 aromatic heterocycles. The van der Waals surface area contributed by atoms with Gasteiger partial charge in [-0.15, -0.1) is 0 Å². The van der Waals surface area contributed by atoms with Crippen molar-refractivity contribution in [3.63, 3.8) is 0 Å². The zero-order valence-corrected chi connectivity index (χ0v) is 13.7. The van der Waals surface area contributed by atoms with Crippen LogP contribution in [-0.2, 0) is 12.8 Å². The fourth-order valence-corrected chi connectivity index (χ4v) is 2.73. The Morgan fingerprint density at radius 2 is 1.85 bits per heavy atom. The van der Waals surface area contributed by atoms with E-state index in [1.807, 2.05) is 30.3 Å². The van der Waals surface area contributed by atoms with Crippen LogP contribution in [0, 0.1) is 0 Å². The van der Waals surface area contributed by atoms with Crippen LogP contribution in [0.2, 0.25) is 10.0 Å². The molecule has 0 saturated heterocycles. The Labute approximate surface area is 136 Å². The van der Waals surface area contributed by atoms with Crippen molar-refractivity contribution in [2.24, 2.45) is 5.84 Å². The molecule has 0 aliphatic carbocycles. The lowest BCUT2D eigenvalue weighted by Gasteiger charge is -2.17. The monoisotopic (exact) mass is 373 g/mol. The summed E-state index contributed by atoms with van der Waals surface area (Å²) in [4.78, 5) is 4.34. The Balaban J connectivity index is 2.11. The first-order chi connectivity index (χ1) is 9.60. The number of nitrogens with one attached hydrogen (secondary N) is 1. The van der Waals surface area contributed by atoms with Crippen molar-refractivity contribution in [2.45, 2.75) is 18.9 Å². The predicted octanol–water partition coefficient (Wildman–Crippen LogP) is 3.77. The van der Waals surface area contributed by atoms with Crippen molar-refractivity contribution >= 4 is 39.1 Å². The zero-order valence-electron chi connectivity index (χ0n) is 10.6. The highest BCUT2D eigenvalue weighted by Crippen LogP contribution is 2.26. The van der Waals surface area contributed by atoms with Gasteiger partial charge in [-0.25, -0.2) is 0 Å². The van der Waals surface area contributed by atoms with Gasteiger partial charge in [-0.2, -0.15) is 0 Å². The highest BCUT2D eigenvalue weighted by molar-refractivity contribution is 9.10. The summed E-state index contributed by atoms with van der Waals surface area (Å²) >= 11 is 15.7. The van der Waals surface area contributed by atoms with Crippen LogP contribution in [-0.4, -0.2) is 11.0 Å². The van der Waals surface area contributed by atoms with Crippen LogP contribution in [0.15, 0.2) is 41.0 Å². The van der Waals surface area contributed by atoms with Gasteiger partial charge in [-0.3, -0.25) is 16.3 Å². The standard InChI is InChI=1S/C14H14BrCl2N3/c15-9-4-5-10(19-8-9)6-11(20-18)7-12-13(16)2-1-3-14(12)17/h1-5,8,11,20H,6-7,18H2. The summed E-state index contributed by atoms with van der Waals surface area (Å²) in [5, 5.41) is 1.31. The SMILES string of the molecule is NNC(Cc1ccc(Br)cn1)Cc1c(Cl)cccc1Cl. The molecule has 0 aliphatic heterocycles.